The Morgan fingerprint density at radius 1 is 1.39 bits per heavy atom. The third kappa shape index (κ3) is 3.65. The zero-order chi connectivity index (χ0) is 13.9. The molecule has 7 heteroatoms. The first-order chi connectivity index (χ1) is 8.25. The summed E-state index contributed by atoms with van der Waals surface area (Å²) in [4.78, 5) is 12.2. The average molecular weight is 292 g/mol. The van der Waals surface area contributed by atoms with Gasteiger partial charge in [0.1, 0.15) is 5.25 Å². The molecule has 0 aromatic rings. The van der Waals surface area contributed by atoms with Gasteiger partial charge in [-0.15, -0.1) is 0 Å². The quantitative estimate of drug-likeness (QED) is 0.731. The summed E-state index contributed by atoms with van der Waals surface area (Å²) in [5.74, 6) is -0.344. The molecule has 2 atom stereocenters. The Morgan fingerprint density at radius 2 is 2.00 bits per heavy atom. The predicted octanol–water partition coefficient (Wildman–Crippen LogP) is 0.381. The van der Waals surface area contributed by atoms with E-state index in [-0.39, 0.29) is 16.7 Å². The van der Waals surface area contributed by atoms with Crippen LogP contribution in [0.1, 0.15) is 33.1 Å². The molecule has 0 aromatic carbocycles. The Hall–Kier alpha value is -0.690. The molecule has 1 saturated heterocycles. The second-order valence-corrected chi connectivity index (χ2v) is 7.76. The maximum atomic E-state index is 12.0. The van der Waals surface area contributed by atoms with Gasteiger partial charge in [-0.25, -0.2) is 8.42 Å². The molecule has 1 heterocycles. The lowest BCUT2D eigenvalue weighted by molar-refractivity contribution is -0.121. The summed E-state index contributed by atoms with van der Waals surface area (Å²) < 4.78 is 23.6. The first kappa shape index (κ1) is 15.4. The molecule has 2 unspecified atom stereocenters. The Morgan fingerprint density at radius 3 is 2.44 bits per heavy atom. The van der Waals surface area contributed by atoms with Gasteiger partial charge >= 0.3 is 0 Å². The third-order valence-electron chi connectivity index (χ3n) is 3.14. The number of rotatable bonds is 4. The van der Waals surface area contributed by atoms with Crippen molar-refractivity contribution in [2.24, 2.45) is 11.7 Å². The van der Waals surface area contributed by atoms with E-state index in [1.165, 1.54) is 0 Å². The van der Waals surface area contributed by atoms with Gasteiger partial charge in [0, 0.05) is 0 Å². The average Bonchev–Trinajstić information content (AvgIpc) is 2.23. The van der Waals surface area contributed by atoms with Crippen LogP contribution in [0.15, 0.2) is 0 Å². The minimum absolute atomic E-state index is 0.0396. The Labute approximate surface area is 113 Å². The number of hydrogen-bond donors (Lipinski definition) is 2. The number of nitrogens with two attached hydrogens (primary N) is 1. The van der Waals surface area contributed by atoms with Crippen LogP contribution < -0.4 is 11.1 Å². The lowest BCUT2D eigenvalue weighted by Gasteiger charge is -2.26. The highest BCUT2D eigenvalue weighted by molar-refractivity contribution is 7.92. The highest BCUT2D eigenvalue weighted by atomic mass is 32.2. The van der Waals surface area contributed by atoms with Crippen LogP contribution in [0.5, 0.6) is 0 Å². The normalized spacial score (nSPS) is 24.5. The molecule has 1 aliphatic rings. The molecule has 0 aliphatic carbocycles. The van der Waals surface area contributed by atoms with Crippen molar-refractivity contribution in [1.82, 2.24) is 5.32 Å². The molecule has 0 aromatic heterocycles. The number of sulfone groups is 1. The fourth-order valence-electron chi connectivity index (χ4n) is 2.06. The summed E-state index contributed by atoms with van der Waals surface area (Å²) in [7, 11) is -3.32. The van der Waals surface area contributed by atoms with Crippen LogP contribution in [0, 0.1) is 5.92 Å². The summed E-state index contributed by atoms with van der Waals surface area (Å²) in [5.41, 5.74) is 5.55. The minimum atomic E-state index is -3.32. The van der Waals surface area contributed by atoms with E-state index in [1.807, 2.05) is 13.8 Å². The van der Waals surface area contributed by atoms with Gasteiger partial charge in [-0.3, -0.25) is 4.79 Å². The molecule has 5 nitrogen and oxygen atoms in total. The topological polar surface area (TPSA) is 89.3 Å². The highest BCUT2D eigenvalue weighted by Gasteiger charge is 2.36. The van der Waals surface area contributed by atoms with Crippen LogP contribution in [0.25, 0.3) is 0 Å². The van der Waals surface area contributed by atoms with Crippen LogP contribution in [-0.4, -0.2) is 36.4 Å². The van der Waals surface area contributed by atoms with Crippen molar-refractivity contribution >= 4 is 33.0 Å². The SMILES string of the molecule is CC(C)C(NC(=O)C1CCCCS1(=O)=O)C(N)=S. The smallest absolute Gasteiger partial charge is 0.238 e. The molecule has 3 N–H and O–H groups in total. The van der Waals surface area contributed by atoms with Gasteiger partial charge in [-0.05, 0) is 18.8 Å². The van der Waals surface area contributed by atoms with E-state index >= 15 is 0 Å². The fraction of sp³-hybridized carbons (Fsp3) is 0.818. The fourth-order valence-corrected chi connectivity index (χ4v) is 4.20. The summed E-state index contributed by atoms with van der Waals surface area (Å²) >= 11 is 4.88. The summed E-state index contributed by atoms with van der Waals surface area (Å²) in [6, 6.07) is -0.454. The van der Waals surface area contributed by atoms with Crippen LogP contribution in [0.2, 0.25) is 0 Å². The van der Waals surface area contributed by atoms with E-state index < -0.39 is 27.0 Å². The second kappa shape index (κ2) is 5.97. The van der Waals surface area contributed by atoms with Crippen molar-refractivity contribution < 1.29 is 13.2 Å². The van der Waals surface area contributed by atoms with Crippen molar-refractivity contribution in [3.63, 3.8) is 0 Å². The molecule has 1 amide bonds. The van der Waals surface area contributed by atoms with Crippen molar-refractivity contribution in [3.8, 4) is 0 Å². The van der Waals surface area contributed by atoms with Crippen LogP contribution in [0.3, 0.4) is 0 Å². The zero-order valence-corrected chi connectivity index (χ0v) is 12.3. The van der Waals surface area contributed by atoms with Gasteiger partial charge in [0.2, 0.25) is 5.91 Å². The Balaban J connectivity index is 2.78. The molecule has 1 rings (SSSR count). The summed E-state index contributed by atoms with van der Waals surface area (Å²) in [6.07, 6.45) is 1.78. The maximum absolute atomic E-state index is 12.0. The van der Waals surface area contributed by atoms with E-state index in [0.717, 1.165) is 6.42 Å². The standard InChI is InChI=1S/C11H20N2O3S2/c1-7(2)9(10(12)17)13-11(14)8-5-3-4-6-18(8,15)16/h7-9H,3-6H2,1-2H3,(H2,12,17)(H,13,14). The molecule has 104 valence electrons. The van der Waals surface area contributed by atoms with Crippen LogP contribution >= 0.6 is 12.2 Å². The monoisotopic (exact) mass is 292 g/mol. The minimum Gasteiger partial charge on any atom is -0.392 e. The first-order valence-corrected chi connectivity index (χ1v) is 8.19. The van der Waals surface area contributed by atoms with Crippen molar-refractivity contribution in [2.45, 2.75) is 44.4 Å². The Bertz CT molecular complexity index is 432. The van der Waals surface area contributed by atoms with E-state index in [2.05, 4.69) is 5.32 Å². The van der Waals surface area contributed by atoms with Gasteiger partial charge < -0.3 is 11.1 Å². The lowest BCUT2D eigenvalue weighted by Crippen LogP contribution is -2.52. The Kier molecular flexibility index (Phi) is 5.10. The third-order valence-corrected chi connectivity index (χ3v) is 5.57. The largest absolute Gasteiger partial charge is 0.392 e. The molecule has 0 radical (unpaired) electrons. The first-order valence-electron chi connectivity index (χ1n) is 6.07. The number of hydrogen-bond acceptors (Lipinski definition) is 4. The lowest BCUT2D eigenvalue weighted by atomic mass is 10.0. The number of carbonyl (C=O) groups is 1. The van der Waals surface area contributed by atoms with Gasteiger partial charge in [-0.1, -0.05) is 32.5 Å². The van der Waals surface area contributed by atoms with Crippen molar-refractivity contribution in [1.29, 1.82) is 0 Å². The summed E-state index contributed by atoms with van der Waals surface area (Å²) in [6.45, 7) is 3.75. The molecule has 1 aliphatic heterocycles. The number of amides is 1. The van der Waals surface area contributed by atoms with E-state index in [0.29, 0.717) is 12.8 Å². The second-order valence-electron chi connectivity index (χ2n) is 4.98. The van der Waals surface area contributed by atoms with E-state index in [9.17, 15) is 13.2 Å². The molecular formula is C11H20N2O3S2. The molecule has 0 spiro atoms. The maximum Gasteiger partial charge on any atom is 0.238 e. The highest BCUT2D eigenvalue weighted by Crippen LogP contribution is 2.20. The molecule has 0 saturated carbocycles. The molecule has 0 bridgehead atoms. The molecular weight excluding hydrogens is 272 g/mol. The zero-order valence-electron chi connectivity index (χ0n) is 10.7. The van der Waals surface area contributed by atoms with E-state index in [1.54, 1.807) is 0 Å². The van der Waals surface area contributed by atoms with Crippen molar-refractivity contribution in [2.75, 3.05) is 5.75 Å². The summed E-state index contributed by atoms with van der Waals surface area (Å²) in [5, 5.41) is 1.71. The molecule has 18 heavy (non-hydrogen) atoms. The van der Waals surface area contributed by atoms with Gasteiger partial charge in [0.05, 0.1) is 16.8 Å². The van der Waals surface area contributed by atoms with E-state index in [4.69, 9.17) is 18.0 Å². The van der Waals surface area contributed by atoms with Crippen LogP contribution in [0.4, 0.5) is 0 Å². The number of carbonyl (C=O) groups excluding carboxylic acids is 1. The van der Waals surface area contributed by atoms with Crippen molar-refractivity contribution in [3.05, 3.63) is 0 Å². The van der Waals surface area contributed by atoms with Gasteiger partial charge in [-0.2, -0.15) is 0 Å². The molecule has 1 fully saturated rings. The van der Waals surface area contributed by atoms with Gasteiger partial charge in [0.15, 0.2) is 9.84 Å². The van der Waals surface area contributed by atoms with Crippen LogP contribution in [-0.2, 0) is 14.6 Å². The van der Waals surface area contributed by atoms with Gasteiger partial charge in [0.25, 0.3) is 0 Å². The number of thiocarbonyl (C=S) groups is 1. The number of nitrogens with one attached hydrogen (secondary N) is 1. The predicted molar refractivity (Wildman–Crippen MR) is 75.0 cm³/mol.